The Morgan fingerprint density at radius 3 is 2.67 bits per heavy atom. The molecule has 0 radical (unpaired) electrons. The van der Waals surface area contributed by atoms with E-state index < -0.39 is 17.7 Å². The largest absolute Gasteiger partial charge is 0.433 e. The maximum absolute atomic E-state index is 12.9. The summed E-state index contributed by atoms with van der Waals surface area (Å²) in [6.07, 6.45) is -3.41. The van der Waals surface area contributed by atoms with Gasteiger partial charge in [0.05, 0.1) is 6.54 Å². The Morgan fingerprint density at radius 2 is 1.95 bits per heavy atom. The topological polar surface area (TPSA) is 24.9 Å². The Balaban J connectivity index is 1.99. The van der Waals surface area contributed by atoms with Gasteiger partial charge in [-0.15, -0.1) is 0 Å². The SMILES string of the molecule is Fc1cccc(C#CCNc2ccnc(C(F)(F)F)c2)c1. The fourth-order valence-electron chi connectivity index (χ4n) is 1.55. The quantitative estimate of drug-likeness (QED) is 0.675. The van der Waals surface area contributed by atoms with Gasteiger partial charge in [0.15, 0.2) is 0 Å². The first-order chi connectivity index (χ1) is 9.95. The zero-order chi connectivity index (χ0) is 15.3. The molecule has 2 rings (SSSR count). The van der Waals surface area contributed by atoms with Crippen LogP contribution in [0.5, 0.6) is 0 Å². The second-order valence-corrected chi connectivity index (χ2v) is 4.09. The van der Waals surface area contributed by atoms with Gasteiger partial charge in [-0.05, 0) is 30.3 Å². The second-order valence-electron chi connectivity index (χ2n) is 4.09. The van der Waals surface area contributed by atoms with Gasteiger partial charge in [-0.2, -0.15) is 13.2 Å². The summed E-state index contributed by atoms with van der Waals surface area (Å²) in [6, 6.07) is 8.08. The summed E-state index contributed by atoms with van der Waals surface area (Å²) in [5, 5.41) is 2.73. The third kappa shape index (κ3) is 4.49. The highest BCUT2D eigenvalue weighted by molar-refractivity contribution is 5.45. The van der Waals surface area contributed by atoms with Crippen molar-refractivity contribution in [3.63, 3.8) is 0 Å². The van der Waals surface area contributed by atoms with E-state index in [1.165, 1.54) is 24.3 Å². The van der Waals surface area contributed by atoms with Gasteiger partial charge in [0, 0.05) is 17.4 Å². The first-order valence-electron chi connectivity index (χ1n) is 5.97. The zero-order valence-corrected chi connectivity index (χ0v) is 10.7. The van der Waals surface area contributed by atoms with Gasteiger partial charge < -0.3 is 5.32 Å². The van der Waals surface area contributed by atoms with Crippen molar-refractivity contribution in [3.05, 3.63) is 59.7 Å². The molecule has 1 aromatic heterocycles. The molecule has 0 spiro atoms. The molecule has 0 unspecified atom stereocenters. The molecule has 6 heteroatoms. The van der Waals surface area contributed by atoms with E-state index in [4.69, 9.17) is 0 Å². The van der Waals surface area contributed by atoms with Crippen LogP contribution >= 0.6 is 0 Å². The van der Waals surface area contributed by atoms with E-state index in [1.807, 2.05) is 0 Å². The minimum absolute atomic E-state index is 0.137. The highest BCUT2D eigenvalue weighted by Crippen LogP contribution is 2.28. The van der Waals surface area contributed by atoms with Gasteiger partial charge >= 0.3 is 6.18 Å². The van der Waals surface area contributed by atoms with Crippen molar-refractivity contribution in [1.29, 1.82) is 0 Å². The van der Waals surface area contributed by atoms with Gasteiger partial charge in [0.25, 0.3) is 0 Å². The lowest BCUT2D eigenvalue weighted by molar-refractivity contribution is -0.141. The zero-order valence-electron chi connectivity index (χ0n) is 10.7. The fraction of sp³-hybridized carbons (Fsp3) is 0.133. The van der Waals surface area contributed by atoms with E-state index in [1.54, 1.807) is 6.07 Å². The number of aromatic nitrogens is 1. The van der Waals surface area contributed by atoms with Gasteiger partial charge in [0.1, 0.15) is 11.5 Å². The Bertz CT molecular complexity index is 684. The predicted molar refractivity (Wildman–Crippen MR) is 71.0 cm³/mol. The molecule has 1 N–H and O–H groups in total. The summed E-state index contributed by atoms with van der Waals surface area (Å²) < 4.78 is 50.3. The molecule has 0 aliphatic heterocycles. The van der Waals surface area contributed by atoms with Crippen LogP contribution < -0.4 is 5.32 Å². The average Bonchev–Trinajstić information content (AvgIpc) is 2.43. The van der Waals surface area contributed by atoms with Crippen LogP contribution in [-0.2, 0) is 6.18 Å². The lowest BCUT2D eigenvalue weighted by atomic mass is 10.2. The highest BCUT2D eigenvalue weighted by atomic mass is 19.4. The number of halogens is 4. The monoisotopic (exact) mass is 294 g/mol. The van der Waals surface area contributed by atoms with Gasteiger partial charge in [-0.1, -0.05) is 17.9 Å². The number of pyridine rings is 1. The first kappa shape index (κ1) is 14.9. The highest BCUT2D eigenvalue weighted by Gasteiger charge is 2.32. The number of rotatable bonds is 2. The Hall–Kier alpha value is -2.55. The summed E-state index contributed by atoms with van der Waals surface area (Å²) in [4.78, 5) is 3.25. The fourth-order valence-corrected chi connectivity index (χ4v) is 1.55. The van der Waals surface area contributed by atoms with Crippen molar-refractivity contribution < 1.29 is 17.6 Å². The summed E-state index contributed by atoms with van der Waals surface area (Å²) >= 11 is 0. The number of alkyl halides is 3. The molecule has 0 amide bonds. The number of anilines is 1. The predicted octanol–water partition coefficient (Wildman–Crippen LogP) is 3.70. The molecule has 1 heterocycles. The van der Waals surface area contributed by atoms with Crippen molar-refractivity contribution in [3.8, 4) is 11.8 Å². The summed E-state index contributed by atoms with van der Waals surface area (Å²) in [7, 11) is 0. The second kappa shape index (κ2) is 6.27. The lowest BCUT2D eigenvalue weighted by Gasteiger charge is -2.07. The van der Waals surface area contributed by atoms with E-state index in [-0.39, 0.29) is 12.2 Å². The molecule has 0 saturated carbocycles. The minimum Gasteiger partial charge on any atom is -0.374 e. The Morgan fingerprint density at radius 1 is 1.14 bits per heavy atom. The maximum Gasteiger partial charge on any atom is 0.433 e. The molecule has 108 valence electrons. The van der Waals surface area contributed by atoms with Gasteiger partial charge in [-0.25, -0.2) is 4.39 Å². The third-order valence-electron chi connectivity index (χ3n) is 2.49. The van der Waals surface area contributed by atoms with Gasteiger partial charge in [-0.3, -0.25) is 4.98 Å². The van der Waals surface area contributed by atoms with Crippen LogP contribution in [0.1, 0.15) is 11.3 Å². The van der Waals surface area contributed by atoms with Crippen LogP contribution in [0.2, 0.25) is 0 Å². The van der Waals surface area contributed by atoms with E-state index in [9.17, 15) is 17.6 Å². The Kier molecular flexibility index (Phi) is 4.43. The molecule has 2 nitrogen and oxygen atoms in total. The van der Waals surface area contributed by atoms with Crippen LogP contribution in [0.25, 0.3) is 0 Å². The number of nitrogens with one attached hydrogen (secondary N) is 1. The van der Waals surface area contributed by atoms with Crippen molar-refractivity contribution in [1.82, 2.24) is 4.98 Å². The molecule has 0 saturated heterocycles. The van der Waals surface area contributed by atoms with Crippen molar-refractivity contribution in [2.45, 2.75) is 6.18 Å². The minimum atomic E-state index is -4.48. The molecule has 0 bridgehead atoms. The van der Waals surface area contributed by atoms with E-state index >= 15 is 0 Å². The summed E-state index contributed by atoms with van der Waals surface area (Å²) in [6.45, 7) is 0.137. The molecular formula is C15H10F4N2. The molecule has 2 aromatic rings. The standard InChI is InChI=1S/C15H10F4N2/c16-12-5-1-3-11(9-12)4-2-7-20-13-6-8-21-14(10-13)15(17,18)19/h1,3,5-6,8-10H,7H2,(H,20,21). The van der Waals surface area contributed by atoms with Crippen LogP contribution in [0.3, 0.4) is 0 Å². The molecule has 0 atom stereocenters. The van der Waals surface area contributed by atoms with E-state index in [0.29, 0.717) is 5.56 Å². The lowest BCUT2D eigenvalue weighted by Crippen LogP contribution is -2.09. The Labute approximate surface area is 118 Å². The van der Waals surface area contributed by atoms with E-state index in [0.717, 1.165) is 12.3 Å². The van der Waals surface area contributed by atoms with Crippen molar-refractivity contribution in [2.75, 3.05) is 11.9 Å². The average molecular weight is 294 g/mol. The number of benzene rings is 1. The first-order valence-corrected chi connectivity index (χ1v) is 5.97. The van der Waals surface area contributed by atoms with E-state index in [2.05, 4.69) is 22.1 Å². The van der Waals surface area contributed by atoms with Crippen LogP contribution in [0, 0.1) is 17.7 Å². The molecule has 21 heavy (non-hydrogen) atoms. The third-order valence-corrected chi connectivity index (χ3v) is 2.49. The molecule has 1 aromatic carbocycles. The molecule has 0 aliphatic carbocycles. The summed E-state index contributed by atoms with van der Waals surface area (Å²) in [5.74, 6) is 5.03. The normalized spacial score (nSPS) is 10.7. The number of nitrogens with zero attached hydrogens (tertiary/aromatic N) is 1. The molecular weight excluding hydrogens is 284 g/mol. The van der Waals surface area contributed by atoms with Gasteiger partial charge in [0.2, 0.25) is 0 Å². The van der Waals surface area contributed by atoms with Crippen molar-refractivity contribution in [2.24, 2.45) is 0 Å². The van der Waals surface area contributed by atoms with Crippen LogP contribution in [-0.4, -0.2) is 11.5 Å². The van der Waals surface area contributed by atoms with Crippen LogP contribution in [0.15, 0.2) is 42.6 Å². The maximum atomic E-state index is 12.9. The van der Waals surface area contributed by atoms with Crippen molar-refractivity contribution >= 4 is 5.69 Å². The summed E-state index contributed by atoms with van der Waals surface area (Å²) in [5.41, 5.74) is -0.195. The number of hydrogen-bond acceptors (Lipinski definition) is 2. The smallest absolute Gasteiger partial charge is 0.374 e. The molecule has 0 aliphatic rings. The number of hydrogen-bond donors (Lipinski definition) is 1. The molecule has 0 fully saturated rings. The van der Waals surface area contributed by atoms with Crippen LogP contribution in [0.4, 0.5) is 23.2 Å².